The molecule has 230 valence electrons. The minimum Gasteiger partial charge on any atom is -0.662 e. The molecule has 7 rings (SSSR count). The third-order valence-electron chi connectivity index (χ3n) is 8.43. The second-order valence-corrected chi connectivity index (χ2v) is 12.7. The number of nitrogens with zero attached hydrogens (tertiary/aromatic N) is 3. The third kappa shape index (κ3) is 5.69. The van der Waals surface area contributed by atoms with Crippen molar-refractivity contribution in [2.45, 2.75) is 40.0 Å². The molecule has 0 fully saturated rings. The van der Waals surface area contributed by atoms with E-state index in [9.17, 15) is 8.78 Å². The fourth-order valence-corrected chi connectivity index (χ4v) is 6.26. The van der Waals surface area contributed by atoms with Gasteiger partial charge in [0.1, 0.15) is 5.82 Å². The van der Waals surface area contributed by atoms with Crippen LogP contribution in [-0.4, -0.2) is 9.97 Å². The molecule has 3 heterocycles. The summed E-state index contributed by atoms with van der Waals surface area (Å²) >= 11 is 0. The smallest absolute Gasteiger partial charge is 0.662 e. The molecule has 0 saturated carbocycles. The van der Waals surface area contributed by atoms with Crippen LogP contribution in [0.3, 0.4) is 0 Å². The summed E-state index contributed by atoms with van der Waals surface area (Å²) < 4.78 is 27.8. The molecule has 0 atom stereocenters. The van der Waals surface area contributed by atoms with Crippen LogP contribution in [0.25, 0.3) is 66.6 Å². The van der Waals surface area contributed by atoms with Gasteiger partial charge in [0.15, 0.2) is 0 Å². The average molecular weight is 787 g/mol. The van der Waals surface area contributed by atoms with Crippen LogP contribution in [0.5, 0.6) is 0 Å². The Morgan fingerprint density at radius 2 is 1.33 bits per heavy atom. The molecule has 0 N–H and O–H groups in total. The summed E-state index contributed by atoms with van der Waals surface area (Å²) in [4.78, 5) is 13.9. The Hall–Kier alpha value is -4.47. The number of halogens is 2. The van der Waals surface area contributed by atoms with Crippen LogP contribution in [-0.2, 0) is 26.5 Å². The van der Waals surface area contributed by atoms with Gasteiger partial charge in [0.25, 0.3) is 0 Å². The van der Waals surface area contributed by atoms with Crippen molar-refractivity contribution in [1.29, 1.82) is 0 Å². The van der Waals surface area contributed by atoms with E-state index in [1.54, 1.807) is 6.07 Å². The van der Waals surface area contributed by atoms with Crippen molar-refractivity contribution in [3.8, 4) is 44.8 Å². The summed E-state index contributed by atoms with van der Waals surface area (Å²) in [6.45, 7) is 11.1. The molecule has 7 aromatic rings. The molecule has 3 aromatic heterocycles. The number of pyridine rings is 2. The van der Waals surface area contributed by atoms with E-state index in [0.29, 0.717) is 5.56 Å². The van der Waals surface area contributed by atoms with Crippen molar-refractivity contribution in [1.82, 2.24) is 15.0 Å². The first-order valence-corrected chi connectivity index (χ1v) is 15.0. The van der Waals surface area contributed by atoms with Gasteiger partial charge in [-0.3, -0.25) is 9.97 Å². The maximum atomic E-state index is 14.0. The number of fused-ring (bicyclic) bond motifs is 3. The van der Waals surface area contributed by atoms with E-state index in [1.165, 1.54) is 28.3 Å². The molecular weight excluding hydrogens is 756 g/mol. The summed E-state index contributed by atoms with van der Waals surface area (Å²) in [7, 11) is 0. The second-order valence-electron chi connectivity index (χ2n) is 12.7. The molecule has 0 aliphatic carbocycles. The number of aromatic nitrogens is 3. The molecule has 0 spiro atoms. The van der Waals surface area contributed by atoms with Gasteiger partial charge in [-0.25, -0.2) is 4.39 Å². The first kappa shape index (κ1) is 31.5. The van der Waals surface area contributed by atoms with Gasteiger partial charge in [-0.1, -0.05) is 80.4 Å². The van der Waals surface area contributed by atoms with Crippen LogP contribution >= 0.6 is 0 Å². The molecule has 0 saturated heterocycles. The van der Waals surface area contributed by atoms with E-state index in [0.717, 1.165) is 55.8 Å². The predicted octanol–water partition coefficient (Wildman–Crippen LogP) is 10.4. The normalized spacial score (nSPS) is 11.6. The maximum Gasteiger partial charge on any atom is 2.00 e. The van der Waals surface area contributed by atoms with Crippen LogP contribution in [0.1, 0.15) is 37.5 Å². The Bertz CT molecular complexity index is 2220. The molecule has 4 aromatic carbocycles. The van der Waals surface area contributed by atoms with Crippen molar-refractivity contribution < 1.29 is 29.8 Å². The molecular formula is C40H31F2N3Pt. The average Bonchev–Trinajstić information content (AvgIpc) is 3.39. The summed E-state index contributed by atoms with van der Waals surface area (Å²) in [6, 6.07) is 31.9. The molecule has 46 heavy (non-hydrogen) atoms. The maximum absolute atomic E-state index is 14.0. The molecule has 0 radical (unpaired) electrons. The number of rotatable bonds is 4. The van der Waals surface area contributed by atoms with Crippen LogP contribution in [0.2, 0.25) is 0 Å². The SMILES string of the molecule is Cc1cc(C(C)(C)C)cc(C)c1-c1ccnc(-c2cccc3c2[n-]c2c(-c4[c-]c(-c5cc(F)cc(F)n5)ccc4)cccc23)c1.[Pt+2]. The number of para-hydroxylation sites is 2. The standard InChI is InChI=1S/C40H31F2N3.Pt/c1-23-17-28(40(3,4)5)18-24(2)37(23)27-15-16-43-35(20-27)33-14-8-13-32-31-12-7-11-30(38(31)45-39(32)33)25-9-6-10-26(19-25)34-21-29(41)22-36(42)44-34;/h6-18,20-22H,1-5H3;/q-2;+2. The quantitative estimate of drug-likeness (QED) is 0.132. The zero-order valence-electron chi connectivity index (χ0n) is 26.2. The molecule has 0 aliphatic rings. The molecule has 0 amide bonds. The Balaban J connectivity index is 0.00000372. The van der Waals surface area contributed by atoms with Crippen molar-refractivity contribution in [3.63, 3.8) is 0 Å². The van der Waals surface area contributed by atoms with Gasteiger partial charge in [0.2, 0.25) is 5.95 Å². The summed E-state index contributed by atoms with van der Waals surface area (Å²) in [5.41, 5.74) is 12.1. The van der Waals surface area contributed by atoms with E-state index in [2.05, 4.69) is 88.1 Å². The Morgan fingerprint density at radius 3 is 2.00 bits per heavy atom. The number of hydrogen-bond donors (Lipinski definition) is 0. The monoisotopic (exact) mass is 786 g/mol. The molecule has 3 nitrogen and oxygen atoms in total. The van der Waals surface area contributed by atoms with Crippen LogP contribution < -0.4 is 4.98 Å². The Kier molecular flexibility index (Phi) is 8.25. The van der Waals surface area contributed by atoms with Gasteiger partial charge in [0.05, 0.1) is 5.69 Å². The van der Waals surface area contributed by atoms with E-state index < -0.39 is 11.8 Å². The van der Waals surface area contributed by atoms with E-state index in [1.807, 2.05) is 36.5 Å². The topological polar surface area (TPSA) is 39.9 Å². The minimum absolute atomic E-state index is 0. The molecule has 0 aliphatic heterocycles. The third-order valence-corrected chi connectivity index (χ3v) is 8.43. The van der Waals surface area contributed by atoms with Crippen molar-refractivity contribution in [3.05, 3.63) is 132 Å². The van der Waals surface area contributed by atoms with Gasteiger partial charge in [-0.2, -0.15) is 9.91 Å². The largest absolute Gasteiger partial charge is 2.00 e. The number of hydrogen-bond acceptors (Lipinski definition) is 2. The zero-order valence-corrected chi connectivity index (χ0v) is 28.4. The molecule has 0 bridgehead atoms. The van der Waals surface area contributed by atoms with Crippen LogP contribution in [0.15, 0.2) is 97.2 Å². The van der Waals surface area contributed by atoms with Gasteiger partial charge in [-0.05, 0) is 81.6 Å². The fraction of sp³-hybridized carbons (Fsp3) is 0.150. The van der Waals surface area contributed by atoms with E-state index >= 15 is 0 Å². The first-order valence-electron chi connectivity index (χ1n) is 15.0. The first-order chi connectivity index (χ1) is 21.6. The second kappa shape index (κ2) is 12.0. The summed E-state index contributed by atoms with van der Waals surface area (Å²) in [5, 5.41) is 2.04. The van der Waals surface area contributed by atoms with Crippen molar-refractivity contribution in [2.24, 2.45) is 0 Å². The van der Waals surface area contributed by atoms with Gasteiger partial charge in [-0.15, -0.1) is 35.3 Å². The minimum atomic E-state index is -0.868. The summed E-state index contributed by atoms with van der Waals surface area (Å²) in [5.74, 6) is -1.55. The van der Waals surface area contributed by atoms with E-state index in [4.69, 9.17) is 9.97 Å². The Morgan fingerprint density at radius 1 is 0.696 bits per heavy atom. The van der Waals surface area contributed by atoms with Crippen LogP contribution in [0.4, 0.5) is 8.78 Å². The molecule has 0 unspecified atom stereocenters. The zero-order chi connectivity index (χ0) is 31.5. The Labute approximate surface area is 282 Å². The number of aryl methyl sites for hydroxylation is 2. The fourth-order valence-electron chi connectivity index (χ4n) is 6.26. The predicted molar refractivity (Wildman–Crippen MR) is 179 cm³/mol. The van der Waals surface area contributed by atoms with Gasteiger partial charge in [0, 0.05) is 18.0 Å². The van der Waals surface area contributed by atoms with Crippen molar-refractivity contribution >= 4 is 21.8 Å². The van der Waals surface area contributed by atoms with Gasteiger partial charge >= 0.3 is 21.1 Å². The van der Waals surface area contributed by atoms with Crippen molar-refractivity contribution in [2.75, 3.05) is 0 Å². The molecule has 6 heteroatoms. The summed E-state index contributed by atoms with van der Waals surface area (Å²) in [6.07, 6.45) is 1.87. The van der Waals surface area contributed by atoms with Crippen LogP contribution in [0, 0.1) is 31.7 Å². The van der Waals surface area contributed by atoms with E-state index in [-0.39, 0.29) is 32.2 Å². The van der Waals surface area contributed by atoms with Gasteiger partial charge < -0.3 is 4.98 Å². The number of benzene rings is 4.